The molecule has 0 aliphatic carbocycles. The highest BCUT2D eigenvalue weighted by Crippen LogP contribution is 2.33. The molecule has 0 saturated carbocycles. The SMILES string of the molecule is COc1cc(P(N)(N)=O)c(C(N)=O)s1. The van der Waals surface area contributed by atoms with E-state index in [0.29, 0.717) is 5.06 Å². The molecule has 14 heavy (non-hydrogen) atoms. The number of primary amides is 1. The minimum atomic E-state index is -3.47. The highest BCUT2D eigenvalue weighted by molar-refractivity contribution is 7.67. The Hall–Kier alpha value is -0.880. The van der Waals surface area contributed by atoms with Crippen LogP contribution in [0.1, 0.15) is 9.67 Å². The van der Waals surface area contributed by atoms with Gasteiger partial charge in [0.15, 0.2) is 5.06 Å². The summed E-state index contributed by atoms with van der Waals surface area (Å²) in [6, 6.07) is 1.37. The van der Waals surface area contributed by atoms with Crippen molar-refractivity contribution in [1.82, 2.24) is 0 Å². The van der Waals surface area contributed by atoms with Crippen molar-refractivity contribution in [2.24, 2.45) is 16.7 Å². The molecule has 0 aliphatic rings. The summed E-state index contributed by atoms with van der Waals surface area (Å²) in [5.41, 5.74) is 15.5. The van der Waals surface area contributed by atoms with Crippen LogP contribution < -0.4 is 26.8 Å². The quantitative estimate of drug-likeness (QED) is 0.615. The summed E-state index contributed by atoms with van der Waals surface area (Å²) in [5, 5.41) is 0.455. The first-order chi connectivity index (χ1) is 6.36. The number of amides is 1. The zero-order valence-electron chi connectivity index (χ0n) is 7.39. The smallest absolute Gasteiger partial charge is 0.259 e. The Balaban J connectivity index is 3.34. The molecular weight excluding hydrogens is 225 g/mol. The van der Waals surface area contributed by atoms with Crippen LogP contribution in [0.4, 0.5) is 0 Å². The molecular formula is C6H10N3O3PS. The fourth-order valence-corrected chi connectivity index (χ4v) is 3.02. The van der Waals surface area contributed by atoms with Gasteiger partial charge >= 0.3 is 0 Å². The molecule has 0 aliphatic heterocycles. The highest BCUT2D eigenvalue weighted by Gasteiger charge is 2.24. The van der Waals surface area contributed by atoms with E-state index in [9.17, 15) is 9.36 Å². The van der Waals surface area contributed by atoms with Crippen molar-refractivity contribution in [3.05, 3.63) is 10.9 Å². The van der Waals surface area contributed by atoms with Crippen LogP contribution in [0, 0.1) is 0 Å². The summed E-state index contributed by atoms with van der Waals surface area (Å²) in [4.78, 5) is 11.0. The molecule has 0 spiro atoms. The maximum atomic E-state index is 11.4. The van der Waals surface area contributed by atoms with Crippen LogP contribution in [0.25, 0.3) is 0 Å². The normalized spacial score (nSPS) is 11.4. The number of hydrogen-bond acceptors (Lipinski definition) is 4. The van der Waals surface area contributed by atoms with Gasteiger partial charge in [-0.25, -0.2) is 0 Å². The molecule has 0 unspecified atom stereocenters. The van der Waals surface area contributed by atoms with Gasteiger partial charge in [0.25, 0.3) is 5.91 Å². The lowest BCUT2D eigenvalue weighted by molar-refractivity contribution is 0.100. The molecule has 0 aromatic carbocycles. The van der Waals surface area contributed by atoms with Gasteiger partial charge in [0, 0.05) is 6.07 Å². The van der Waals surface area contributed by atoms with Crippen LogP contribution in [0.15, 0.2) is 6.07 Å². The van der Waals surface area contributed by atoms with Gasteiger partial charge in [0.1, 0.15) is 4.88 Å². The summed E-state index contributed by atoms with van der Waals surface area (Å²) in [5.74, 6) is -0.718. The molecule has 6 N–H and O–H groups in total. The zero-order valence-corrected chi connectivity index (χ0v) is 9.10. The van der Waals surface area contributed by atoms with Crippen molar-refractivity contribution in [1.29, 1.82) is 0 Å². The van der Waals surface area contributed by atoms with E-state index in [1.165, 1.54) is 13.2 Å². The molecule has 1 amide bonds. The first-order valence-electron chi connectivity index (χ1n) is 3.51. The van der Waals surface area contributed by atoms with E-state index in [-0.39, 0.29) is 10.2 Å². The maximum absolute atomic E-state index is 11.4. The standard InChI is InChI=1S/C6H10N3O3PS/c1-12-4-2-3(13(8,9)11)5(14-4)6(7)10/h2H,1H3,(H2,7,10)(H4,8,9,11). The van der Waals surface area contributed by atoms with Crippen LogP contribution in [-0.4, -0.2) is 13.0 Å². The Bertz CT molecular complexity index is 410. The lowest BCUT2D eigenvalue weighted by Crippen LogP contribution is -2.25. The van der Waals surface area contributed by atoms with Crippen LogP contribution in [0.5, 0.6) is 5.06 Å². The average molecular weight is 235 g/mol. The van der Waals surface area contributed by atoms with Gasteiger partial charge in [0.2, 0.25) is 7.44 Å². The number of thiophene rings is 1. The molecule has 78 valence electrons. The maximum Gasteiger partial charge on any atom is 0.259 e. The number of nitrogens with two attached hydrogens (primary N) is 3. The van der Waals surface area contributed by atoms with Gasteiger partial charge in [0.05, 0.1) is 12.4 Å². The second kappa shape index (κ2) is 3.70. The summed E-state index contributed by atoms with van der Waals surface area (Å²) in [6.07, 6.45) is 0. The first-order valence-corrected chi connectivity index (χ1v) is 6.18. The summed E-state index contributed by atoms with van der Waals surface area (Å²) >= 11 is 0.965. The minimum absolute atomic E-state index is 0.0619. The largest absolute Gasteiger partial charge is 0.487 e. The van der Waals surface area contributed by atoms with E-state index in [4.69, 9.17) is 21.5 Å². The zero-order chi connectivity index (χ0) is 10.9. The van der Waals surface area contributed by atoms with Crippen LogP contribution in [-0.2, 0) is 4.57 Å². The van der Waals surface area contributed by atoms with Crippen molar-refractivity contribution < 1.29 is 14.1 Å². The summed E-state index contributed by atoms with van der Waals surface area (Å²) < 4.78 is 16.2. The van der Waals surface area contributed by atoms with Crippen molar-refractivity contribution in [2.75, 3.05) is 7.11 Å². The Morgan fingerprint density at radius 3 is 2.43 bits per heavy atom. The number of carbonyl (C=O) groups excluding carboxylic acids is 1. The van der Waals surface area contributed by atoms with E-state index in [1.807, 2.05) is 0 Å². The van der Waals surface area contributed by atoms with Crippen LogP contribution in [0.2, 0.25) is 0 Å². The molecule has 1 aromatic rings. The summed E-state index contributed by atoms with van der Waals surface area (Å²) in [6.45, 7) is 0. The Morgan fingerprint density at radius 2 is 2.14 bits per heavy atom. The molecule has 6 nitrogen and oxygen atoms in total. The van der Waals surface area contributed by atoms with Crippen LogP contribution >= 0.6 is 18.8 Å². The van der Waals surface area contributed by atoms with E-state index in [1.54, 1.807) is 0 Å². The number of methoxy groups -OCH3 is 1. The van der Waals surface area contributed by atoms with Crippen molar-refractivity contribution in [3.8, 4) is 5.06 Å². The monoisotopic (exact) mass is 235 g/mol. The molecule has 1 aromatic heterocycles. The van der Waals surface area contributed by atoms with Crippen molar-refractivity contribution in [3.63, 3.8) is 0 Å². The Labute approximate surface area is 84.5 Å². The van der Waals surface area contributed by atoms with Gasteiger partial charge in [-0.2, -0.15) is 0 Å². The Kier molecular flexibility index (Phi) is 2.96. The van der Waals surface area contributed by atoms with Crippen molar-refractivity contribution in [2.45, 2.75) is 0 Å². The summed E-state index contributed by atoms with van der Waals surface area (Å²) in [7, 11) is -2.06. The second-order valence-electron chi connectivity index (χ2n) is 2.56. The van der Waals surface area contributed by atoms with Gasteiger partial charge < -0.3 is 10.5 Å². The molecule has 1 heterocycles. The average Bonchev–Trinajstić information content (AvgIpc) is 2.46. The second-order valence-corrected chi connectivity index (χ2v) is 5.47. The number of carbonyl (C=O) groups is 1. The fourth-order valence-electron chi connectivity index (χ4n) is 0.896. The van der Waals surface area contributed by atoms with Gasteiger partial charge in [-0.3, -0.25) is 20.4 Å². The Morgan fingerprint density at radius 1 is 1.57 bits per heavy atom. The molecule has 0 fully saturated rings. The topological polar surface area (TPSA) is 121 Å². The van der Waals surface area contributed by atoms with E-state index < -0.39 is 13.4 Å². The molecule has 8 heteroatoms. The molecule has 0 saturated heterocycles. The van der Waals surface area contributed by atoms with Crippen LogP contribution in [0.3, 0.4) is 0 Å². The van der Waals surface area contributed by atoms with Gasteiger partial charge in [-0.05, 0) is 0 Å². The first kappa shape index (κ1) is 11.2. The minimum Gasteiger partial charge on any atom is -0.487 e. The van der Waals surface area contributed by atoms with E-state index in [2.05, 4.69) is 0 Å². The third-order valence-electron chi connectivity index (χ3n) is 1.49. The predicted molar refractivity (Wildman–Crippen MR) is 55.0 cm³/mol. The lowest BCUT2D eigenvalue weighted by atomic mass is 10.4. The van der Waals surface area contributed by atoms with E-state index in [0.717, 1.165) is 11.3 Å². The third-order valence-corrected chi connectivity index (χ3v) is 3.86. The number of hydrogen-bond donors (Lipinski definition) is 3. The van der Waals surface area contributed by atoms with Gasteiger partial charge in [-0.1, -0.05) is 11.3 Å². The van der Waals surface area contributed by atoms with Gasteiger partial charge in [-0.15, -0.1) is 0 Å². The van der Waals surface area contributed by atoms with Crippen molar-refractivity contribution >= 4 is 30.0 Å². The number of rotatable bonds is 3. The predicted octanol–water partition coefficient (Wildman–Crippen LogP) is -0.409. The third kappa shape index (κ3) is 2.13. The molecule has 0 atom stereocenters. The lowest BCUT2D eigenvalue weighted by Gasteiger charge is -2.04. The molecule has 0 radical (unpaired) electrons. The number of ether oxygens (including phenoxy) is 1. The molecule has 1 rings (SSSR count). The highest BCUT2D eigenvalue weighted by atomic mass is 32.1. The fraction of sp³-hybridized carbons (Fsp3) is 0.167. The molecule has 0 bridgehead atoms. The van der Waals surface area contributed by atoms with E-state index >= 15 is 0 Å².